The van der Waals surface area contributed by atoms with E-state index in [-0.39, 0.29) is 22.4 Å². The monoisotopic (exact) mass is 361 g/mol. The molecule has 2 aromatic rings. The number of hydrogen-bond acceptors (Lipinski definition) is 5. The number of aliphatic hydroxyl groups is 1. The van der Waals surface area contributed by atoms with Crippen LogP contribution in [-0.2, 0) is 11.4 Å². The van der Waals surface area contributed by atoms with Gasteiger partial charge in [-0.05, 0) is 28.1 Å². The van der Waals surface area contributed by atoms with Crippen LogP contribution in [-0.4, -0.2) is 36.7 Å². The van der Waals surface area contributed by atoms with E-state index in [0.717, 1.165) is 11.8 Å². The van der Waals surface area contributed by atoms with Crippen LogP contribution in [0.25, 0.3) is 5.69 Å². The summed E-state index contributed by atoms with van der Waals surface area (Å²) in [6.45, 7) is -0.443. The molecule has 0 aliphatic rings. The number of aromatic nitrogens is 3. The zero-order valence-electron chi connectivity index (χ0n) is 9.95. The lowest BCUT2D eigenvalue weighted by molar-refractivity contribution is -0.133. The summed E-state index contributed by atoms with van der Waals surface area (Å²) in [7, 11) is 0. The van der Waals surface area contributed by atoms with Gasteiger partial charge in [-0.3, -0.25) is 9.36 Å². The van der Waals surface area contributed by atoms with E-state index in [9.17, 15) is 14.3 Å². The van der Waals surface area contributed by atoms with Crippen LogP contribution in [0.15, 0.2) is 27.8 Å². The van der Waals surface area contributed by atoms with Gasteiger partial charge in [0.25, 0.3) is 0 Å². The van der Waals surface area contributed by atoms with Gasteiger partial charge in [-0.2, -0.15) is 0 Å². The number of carboxylic acids is 1. The first-order valence-corrected chi connectivity index (χ1v) is 7.16. The lowest BCUT2D eigenvalue weighted by atomic mass is 10.3. The third kappa shape index (κ3) is 3.00. The van der Waals surface area contributed by atoms with Crippen molar-refractivity contribution >= 4 is 33.7 Å². The summed E-state index contributed by atoms with van der Waals surface area (Å²) in [5.41, 5.74) is 0.134. The van der Waals surface area contributed by atoms with Gasteiger partial charge >= 0.3 is 5.97 Å². The number of benzene rings is 1. The summed E-state index contributed by atoms with van der Waals surface area (Å²) in [6.07, 6.45) is 0. The summed E-state index contributed by atoms with van der Waals surface area (Å²) >= 11 is 4.12. The maximum Gasteiger partial charge on any atom is 0.313 e. The second-order valence-corrected chi connectivity index (χ2v) is 5.44. The Morgan fingerprint density at radius 3 is 2.80 bits per heavy atom. The average Bonchev–Trinajstić information content (AvgIpc) is 2.79. The third-order valence-corrected chi connectivity index (χ3v) is 3.88. The summed E-state index contributed by atoms with van der Waals surface area (Å²) in [4.78, 5) is 10.6. The van der Waals surface area contributed by atoms with Crippen LogP contribution in [0.3, 0.4) is 0 Å². The zero-order valence-corrected chi connectivity index (χ0v) is 12.4. The fourth-order valence-electron chi connectivity index (χ4n) is 1.55. The van der Waals surface area contributed by atoms with Crippen LogP contribution < -0.4 is 0 Å². The molecule has 0 aliphatic carbocycles. The molecule has 0 radical (unpaired) electrons. The van der Waals surface area contributed by atoms with E-state index in [2.05, 4.69) is 26.1 Å². The number of hydrogen-bond donors (Lipinski definition) is 2. The smallest absolute Gasteiger partial charge is 0.313 e. The lowest BCUT2D eigenvalue weighted by Crippen LogP contribution is -2.07. The number of nitrogens with zero attached hydrogens (tertiary/aromatic N) is 3. The van der Waals surface area contributed by atoms with Gasteiger partial charge in [0.15, 0.2) is 11.0 Å². The van der Waals surface area contributed by atoms with Crippen molar-refractivity contribution in [3.8, 4) is 5.69 Å². The SMILES string of the molecule is O=C(O)CSc1nnc(CO)n1-c1c(F)cccc1Br. The van der Waals surface area contributed by atoms with Crippen molar-refractivity contribution in [3.05, 3.63) is 34.3 Å². The number of thioether (sulfide) groups is 1. The highest BCUT2D eigenvalue weighted by molar-refractivity contribution is 9.10. The fraction of sp³-hybridized carbons (Fsp3) is 0.182. The molecule has 20 heavy (non-hydrogen) atoms. The Labute approximate surface area is 125 Å². The highest BCUT2D eigenvalue weighted by Gasteiger charge is 2.19. The van der Waals surface area contributed by atoms with Gasteiger partial charge in [-0.1, -0.05) is 17.8 Å². The molecule has 1 aromatic carbocycles. The molecule has 106 valence electrons. The van der Waals surface area contributed by atoms with Gasteiger partial charge in [-0.25, -0.2) is 4.39 Å². The van der Waals surface area contributed by atoms with Crippen molar-refractivity contribution in [2.24, 2.45) is 0 Å². The first-order valence-electron chi connectivity index (χ1n) is 5.38. The Hall–Kier alpha value is -1.45. The highest BCUT2D eigenvalue weighted by atomic mass is 79.9. The standard InChI is InChI=1S/C11H9BrFN3O3S/c12-6-2-1-3-7(13)10(6)16-8(4-17)14-15-11(16)20-5-9(18)19/h1-3,17H,4-5H2,(H,18,19). The predicted molar refractivity (Wildman–Crippen MR) is 73.3 cm³/mol. The van der Waals surface area contributed by atoms with Gasteiger partial charge < -0.3 is 10.2 Å². The minimum atomic E-state index is -1.03. The second-order valence-electron chi connectivity index (χ2n) is 3.65. The van der Waals surface area contributed by atoms with Gasteiger partial charge in [0.05, 0.1) is 11.4 Å². The molecule has 6 nitrogen and oxygen atoms in total. The predicted octanol–water partition coefficient (Wildman–Crippen LogP) is 1.84. The molecule has 0 bridgehead atoms. The van der Waals surface area contributed by atoms with Gasteiger partial charge in [-0.15, -0.1) is 10.2 Å². The number of halogens is 2. The third-order valence-electron chi connectivity index (χ3n) is 2.33. The zero-order chi connectivity index (χ0) is 14.7. The van der Waals surface area contributed by atoms with E-state index in [1.54, 1.807) is 6.07 Å². The molecule has 0 aliphatic heterocycles. The number of aliphatic carboxylic acids is 1. The van der Waals surface area contributed by atoms with E-state index in [4.69, 9.17) is 5.11 Å². The molecule has 0 fully saturated rings. The molecule has 0 saturated heterocycles. The van der Waals surface area contributed by atoms with Gasteiger partial charge in [0, 0.05) is 4.47 Å². The molecule has 1 aromatic heterocycles. The average molecular weight is 362 g/mol. The topological polar surface area (TPSA) is 88.2 Å². The molecule has 2 rings (SSSR count). The molecule has 9 heteroatoms. The summed E-state index contributed by atoms with van der Waals surface area (Å²) < 4.78 is 15.7. The second kappa shape index (κ2) is 6.33. The van der Waals surface area contributed by atoms with Gasteiger partial charge in [0.2, 0.25) is 0 Å². The van der Waals surface area contributed by atoms with Gasteiger partial charge in [0.1, 0.15) is 12.4 Å². The number of carbonyl (C=O) groups is 1. The summed E-state index contributed by atoms with van der Waals surface area (Å²) in [5.74, 6) is -1.67. The maximum atomic E-state index is 14.0. The minimum Gasteiger partial charge on any atom is -0.481 e. The lowest BCUT2D eigenvalue weighted by Gasteiger charge is -2.11. The molecule has 0 spiro atoms. The Morgan fingerprint density at radius 1 is 1.45 bits per heavy atom. The molecule has 0 saturated carbocycles. The Morgan fingerprint density at radius 2 is 2.20 bits per heavy atom. The normalized spacial score (nSPS) is 10.8. The van der Waals surface area contributed by atoms with E-state index >= 15 is 0 Å². The molecule has 0 unspecified atom stereocenters. The summed E-state index contributed by atoms with van der Waals surface area (Å²) in [6, 6.07) is 4.41. The largest absolute Gasteiger partial charge is 0.481 e. The van der Waals surface area contributed by atoms with Crippen LogP contribution >= 0.6 is 27.7 Å². The number of aliphatic hydroxyl groups excluding tert-OH is 1. The number of carboxylic acid groups (broad SMARTS) is 1. The van der Waals surface area contributed by atoms with Crippen molar-refractivity contribution in [2.75, 3.05) is 5.75 Å². The van der Waals surface area contributed by atoms with Crippen molar-refractivity contribution in [3.63, 3.8) is 0 Å². The van der Waals surface area contributed by atoms with Crippen molar-refractivity contribution in [1.29, 1.82) is 0 Å². The Bertz CT molecular complexity index is 630. The fourth-order valence-corrected chi connectivity index (χ4v) is 2.75. The quantitative estimate of drug-likeness (QED) is 0.790. The molecule has 0 amide bonds. The number of rotatable bonds is 5. The van der Waals surface area contributed by atoms with Crippen LogP contribution in [0.1, 0.15) is 5.82 Å². The molecule has 1 heterocycles. The van der Waals surface area contributed by atoms with Crippen LogP contribution in [0.4, 0.5) is 4.39 Å². The molecule has 2 N–H and O–H groups in total. The van der Waals surface area contributed by atoms with Crippen LogP contribution in [0, 0.1) is 5.82 Å². The van der Waals surface area contributed by atoms with E-state index in [1.807, 2.05) is 0 Å². The number of para-hydroxylation sites is 1. The van der Waals surface area contributed by atoms with E-state index < -0.39 is 18.4 Å². The molecular formula is C11H9BrFN3O3S. The highest BCUT2D eigenvalue weighted by Crippen LogP contribution is 2.29. The minimum absolute atomic E-state index is 0.128. The van der Waals surface area contributed by atoms with Crippen LogP contribution in [0.2, 0.25) is 0 Å². The van der Waals surface area contributed by atoms with Crippen molar-refractivity contribution in [1.82, 2.24) is 14.8 Å². The Kier molecular flexibility index (Phi) is 4.73. The van der Waals surface area contributed by atoms with Crippen molar-refractivity contribution in [2.45, 2.75) is 11.8 Å². The summed E-state index contributed by atoms with van der Waals surface area (Å²) in [5, 5.41) is 25.7. The maximum absolute atomic E-state index is 14.0. The Balaban J connectivity index is 2.53. The van der Waals surface area contributed by atoms with Crippen LogP contribution in [0.5, 0.6) is 0 Å². The molecular weight excluding hydrogens is 353 g/mol. The van der Waals surface area contributed by atoms with E-state index in [0.29, 0.717) is 4.47 Å². The first-order chi connectivity index (χ1) is 9.54. The van der Waals surface area contributed by atoms with E-state index in [1.165, 1.54) is 16.7 Å². The first kappa shape index (κ1) is 14.9. The molecule has 0 atom stereocenters. The van der Waals surface area contributed by atoms with Crippen molar-refractivity contribution < 1.29 is 19.4 Å².